The molecule has 0 saturated carbocycles. The molecule has 0 aliphatic carbocycles. The van der Waals surface area contributed by atoms with Crippen LogP contribution in [0, 0.1) is 0 Å². The summed E-state index contributed by atoms with van der Waals surface area (Å²) in [5.74, 6) is 0.108. The summed E-state index contributed by atoms with van der Waals surface area (Å²) >= 11 is 5.88. The number of hydrogen-bond acceptors (Lipinski definition) is 4. The summed E-state index contributed by atoms with van der Waals surface area (Å²) in [5.41, 5.74) is 1.80. The molecular formula is C24H25ClN2O4S. The van der Waals surface area contributed by atoms with Crippen LogP contribution in [0.15, 0.2) is 83.8 Å². The van der Waals surface area contributed by atoms with Gasteiger partial charge in [0.2, 0.25) is 10.0 Å². The first kappa shape index (κ1) is 23.8. The maximum Gasteiger partial charge on any atom is 0.258 e. The van der Waals surface area contributed by atoms with Crippen LogP contribution >= 0.6 is 11.6 Å². The minimum atomic E-state index is -3.70. The molecule has 3 rings (SSSR count). The number of carbonyl (C=O) groups excluding carboxylic acids is 1. The Kier molecular flexibility index (Phi) is 7.90. The molecule has 32 heavy (non-hydrogen) atoms. The van der Waals surface area contributed by atoms with Crippen molar-refractivity contribution in [3.05, 3.63) is 95.0 Å². The number of carbonyl (C=O) groups is 1. The zero-order chi connectivity index (χ0) is 23.1. The molecule has 8 heteroatoms. The molecule has 2 N–H and O–H groups in total. The topological polar surface area (TPSA) is 84.5 Å². The maximum absolute atomic E-state index is 12.6. The fraction of sp³-hybridized carbons (Fsp3) is 0.208. The third-order valence-corrected chi connectivity index (χ3v) is 6.69. The Hall–Kier alpha value is -2.87. The van der Waals surface area contributed by atoms with Gasteiger partial charge >= 0.3 is 0 Å². The third kappa shape index (κ3) is 6.56. The van der Waals surface area contributed by atoms with E-state index in [1.807, 2.05) is 49.4 Å². The Labute approximate surface area is 193 Å². The number of rotatable bonds is 9. The van der Waals surface area contributed by atoms with Crippen molar-refractivity contribution in [2.75, 3.05) is 6.61 Å². The lowest BCUT2D eigenvalue weighted by molar-refractivity contribution is -0.123. The molecular weight excluding hydrogens is 448 g/mol. The quantitative estimate of drug-likeness (QED) is 0.475. The molecule has 0 bridgehead atoms. The fourth-order valence-corrected chi connectivity index (χ4v) is 4.45. The Bertz CT molecular complexity index is 1130. The van der Waals surface area contributed by atoms with E-state index in [9.17, 15) is 13.2 Å². The molecule has 6 nitrogen and oxygen atoms in total. The number of amides is 1. The summed E-state index contributed by atoms with van der Waals surface area (Å²) in [6, 6.07) is 21.9. The summed E-state index contributed by atoms with van der Waals surface area (Å²) in [6.45, 7) is 3.46. The highest BCUT2D eigenvalue weighted by atomic mass is 35.5. The van der Waals surface area contributed by atoms with Gasteiger partial charge in [-0.25, -0.2) is 13.1 Å². The van der Waals surface area contributed by atoms with Gasteiger partial charge in [-0.2, -0.15) is 0 Å². The average molecular weight is 473 g/mol. The molecule has 3 aromatic rings. The van der Waals surface area contributed by atoms with Crippen LogP contribution in [0.4, 0.5) is 0 Å². The monoisotopic (exact) mass is 472 g/mol. The van der Waals surface area contributed by atoms with Crippen LogP contribution in [0.5, 0.6) is 5.75 Å². The Balaban J connectivity index is 1.53. The van der Waals surface area contributed by atoms with Crippen molar-refractivity contribution in [2.45, 2.75) is 30.8 Å². The van der Waals surface area contributed by atoms with Crippen LogP contribution in [-0.2, 0) is 14.8 Å². The number of nitrogens with one attached hydrogen (secondary N) is 2. The van der Waals surface area contributed by atoms with Crippen molar-refractivity contribution in [3.63, 3.8) is 0 Å². The highest BCUT2D eigenvalue weighted by Crippen LogP contribution is 2.20. The molecule has 1 amide bonds. The maximum atomic E-state index is 12.6. The molecule has 2 atom stereocenters. The number of ether oxygens (including phenoxy) is 1. The van der Waals surface area contributed by atoms with Gasteiger partial charge in [-0.3, -0.25) is 4.79 Å². The SMILES string of the molecule is C[C@H](NS(=O)(=O)c1ccc(OCC(=O)N[C@H](C)c2ccc(Cl)cc2)cc1)c1ccccc1. The first-order chi connectivity index (χ1) is 15.2. The molecule has 168 valence electrons. The van der Waals surface area contributed by atoms with Crippen LogP contribution in [0.25, 0.3) is 0 Å². The summed E-state index contributed by atoms with van der Waals surface area (Å²) in [4.78, 5) is 12.3. The van der Waals surface area contributed by atoms with Crippen LogP contribution < -0.4 is 14.8 Å². The van der Waals surface area contributed by atoms with Crippen molar-refractivity contribution < 1.29 is 17.9 Å². The Morgan fingerprint density at radius 2 is 1.47 bits per heavy atom. The lowest BCUT2D eigenvalue weighted by atomic mass is 10.1. The number of hydrogen-bond donors (Lipinski definition) is 2. The molecule has 0 aromatic heterocycles. The summed E-state index contributed by atoms with van der Waals surface area (Å²) < 4.78 is 33.4. The minimum Gasteiger partial charge on any atom is -0.484 e. The highest BCUT2D eigenvalue weighted by Gasteiger charge is 2.18. The normalized spacial score (nSPS) is 13.2. The second-order valence-electron chi connectivity index (χ2n) is 7.35. The second kappa shape index (κ2) is 10.6. The smallest absolute Gasteiger partial charge is 0.258 e. The van der Waals surface area contributed by atoms with Gasteiger partial charge in [-0.15, -0.1) is 0 Å². The highest BCUT2D eigenvalue weighted by molar-refractivity contribution is 7.89. The van der Waals surface area contributed by atoms with E-state index in [0.29, 0.717) is 10.8 Å². The Morgan fingerprint density at radius 3 is 2.09 bits per heavy atom. The Morgan fingerprint density at radius 1 is 0.875 bits per heavy atom. The van der Waals surface area contributed by atoms with E-state index >= 15 is 0 Å². The molecule has 0 fully saturated rings. The first-order valence-corrected chi connectivity index (χ1v) is 12.0. The summed E-state index contributed by atoms with van der Waals surface area (Å²) in [5, 5.41) is 3.48. The van der Waals surface area contributed by atoms with Crippen LogP contribution in [0.2, 0.25) is 5.02 Å². The van der Waals surface area contributed by atoms with Gasteiger partial charge < -0.3 is 10.1 Å². The largest absolute Gasteiger partial charge is 0.484 e. The predicted molar refractivity (Wildman–Crippen MR) is 125 cm³/mol. The minimum absolute atomic E-state index is 0.119. The van der Waals surface area contributed by atoms with Crippen molar-refractivity contribution in [1.29, 1.82) is 0 Å². The van der Waals surface area contributed by atoms with E-state index < -0.39 is 10.0 Å². The number of sulfonamides is 1. The van der Waals surface area contributed by atoms with Gasteiger partial charge in [0, 0.05) is 11.1 Å². The van der Waals surface area contributed by atoms with Gasteiger partial charge in [0.05, 0.1) is 10.9 Å². The molecule has 0 spiro atoms. The molecule has 0 aliphatic rings. The lowest BCUT2D eigenvalue weighted by Gasteiger charge is -2.16. The molecule has 3 aromatic carbocycles. The fourth-order valence-electron chi connectivity index (χ4n) is 3.09. The molecule has 0 unspecified atom stereocenters. The van der Waals surface area contributed by atoms with Gasteiger partial charge in [0.1, 0.15) is 5.75 Å². The first-order valence-electron chi connectivity index (χ1n) is 10.1. The number of benzene rings is 3. The van der Waals surface area contributed by atoms with Gasteiger partial charge in [0.15, 0.2) is 6.61 Å². The van der Waals surface area contributed by atoms with E-state index in [0.717, 1.165) is 11.1 Å². The standard InChI is InChI=1S/C24H25ClN2O4S/c1-17(20-8-10-21(25)11-9-20)26-24(28)16-31-22-12-14-23(15-13-22)32(29,30)27-18(2)19-6-4-3-5-7-19/h3-15,17-18,27H,16H2,1-2H3,(H,26,28)/t17-,18+/m1/s1. The van der Waals surface area contributed by atoms with Gasteiger partial charge in [-0.1, -0.05) is 54.1 Å². The van der Waals surface area contributed by atoms with Gasteiger partial charge in [0.25, 0.3) is 5.91 Å². The zero-order valence-corrected chi connectivity index (χ0v) is 19.4. The number of halogens is 1. The van der Waals surface area contributed by atoms with Crippen molar-refractivity contribution in [3.8, 4) is 5.75 Å². The van der Waals surface area contributed by atoms with Crippen molar-refractivity contribution in [1.82, 2.24) is 10.0 Å². The van der Waals surface area contributed by atoms with E-state index in [4.69, 9.17) is 16.3 Å². The molecule has 0 radical (unpaired) electrons. The van der Waals surface area contributed by atoms with Crippen LogP contribution in [-0.4, -0.2) is 20.9 Å². The third-order valence-electron chi connectivity index (χ3n) is 4.88. The molecule has 0 heterocycles. The van der Waals surface area contributed by atoms with E-state index in [1.165, 1.54) is 24.3 Å². The molecule has 0 saturated heterocycles. The predicted octanol–water partition coefficient (Wildman–Crippen LogP) is 4.64. The summed E-state index contributed by atoms with van der Waals surface area (Å²) in [7, 11) is -3.70. The van der Waals surface area contributed by atoms with E-state index in [1.54, 1.807) is 19.1 Å². The van der Waals surface area contributed by atoms with Crippen LogP contribution in [0.1, 0.15) is 37.1 Å². The van der Waals surface area contributed by atoms with Crippen molar-refractivity contribution >= 4 is 27.5 Å². The van der Waals surface area contributed by atoms with E-state index in [2.05, 4.69) is 10.0 Å². The lowest BCUT2D eigenvalue weighted by Crippen LogP contribution is -2.31. The second-order valence-corrected chi connectivity index (χ2v) is 9.50. The van der Waals surface area contributed by atoms with E-state index in [-0.39, 0.29) is 29.5 Å². The zero-order valence-electron chi connectivity index (χ0n) is 17.8. The molecule has 0 aliphatic heterocycles. The van der Waals surface area contributed by atoms with Gasteiger partial charge in [-0.05, 0) is 61.4 Å². The average Bonchev–Trinajstić information content (AvgIpc) is 2.78. The summed E-state index contributed by atoms with van der Waals surface area (Å²) in [6.07, 6.45) is 0. The van der Waals surface area contributed by atoms with Crippen molar-refractivity contribution in [2.24, 2.45) is 0 Å². The van der Waals surface area contributed by atoms with Crippen LogP contribution in [0.3, 0.4) is 0 Å².